The van der Waals surface area contributed by atoms with Gasteiger partial charge in [0.25, 0.3) is 0 Å². The highest BCUT2D eigenvalue weighted by Crippen LogP contribution is 2.28. The van der Waals surface area contributed by atoms with Gasteiger partial charge in [-0.05, 0) is 29.3 Å². The number of primary amides is 1. The van der Waals surface area contributed by atoms with Gasteiger partial charge in [-0.1, -0.05) is 24.3 Å². The van der Waals surface area contributed by atoms with Gasteiger partial charge in [0.15, 0.2) is 0 Å². The van der Waals surface area contributed by atoms with Crippen molar-refractivity contribution in [1.29, 1.82) is 0 Å². The Labute approximate surface area is 138 Å². The fourth-order valence-electron chi connectivity index (χ4n) is 2.61. The smallest absolute Gasteiger partial charge is 0.404 e. The highest BCUT2D eigenvalue weighted by Gasteiger charge is 2.32. The molecule has 0 heterocycles. The van der Waals surface area contributed by atoms with E-state index in [2.05, 4.69) is 0 Å². The Hall–Kier alpha value is -2.47. The third-order valence-corrected chi connectivity index (χ3v) is 4.04. The zero-order chi connectivity index (χ0) is 17.1. The average Bonchev–Trinajstić information content (AvgIpc) is 2.51. The summed E-state index contributed by atoms with van der Waals surface area (Å²) in [4.78, 5) is 10.6. The van der Waals surface area contributed by atoms with Crippen LogP contribution in [0, 0.1) is 11.6 Å². The van der Waals surface area contributed by atoms with E-state index in [9.17, 15) is 13.6 Å². The second-order valence-corrected chi connectivity index (χ2v) is 5.78. The van der Waals surface area contributed by atoms with Crippen LogP contribution in [0.3, 0.4) is 0 Å². The molecule has 0 bridgehead atoms. The first kappa shape index (κ1) is 16.4. The molecule has 1 saturated carbocycles. The zero-order valence-electron chi connectivity index (χ0n) is 12.9. The van der Waals surface area contributed by atoms with E-state index >= 15 is 0 Å². The molecule has 1 fully saturated rings. The van der Waals surface area contributed by atoms with Gasteiger partial charge in [0, 0.05) is 18.4 Å². The summed E-state index contributed by atoms with van der Waals surface area (Å²) in [5, 5.41) is 0. The summed E-state index contributed by atoms with van der Waals surface area (Å²) in [5.74, 6) is -0.704. The van der Waals surface area contributed by atoms with Crippen LogP contribution >= 0.6 is 0 Å². The van der Waals surface area contributed by atoms with E-state index in [1.807, 2.05) is 0 Å². The lowest BCUT2D eigenvalue weighted by molar-refractivity contribution is -0.0806. The van der Waals surface area contributed by atoms with Crippen molar-refractivity contribution in [1.82, 2.24) is 0 Å². The molecule has 4 nitrogen and oxygen atoms in total. The summed E-state index contributed by atoms with van der Waals surface area (Å²) in [7, 11) is 0. The lowest BCUT2D eigenvalue weighted by atomic mass is 9.92. The van der Waals surface area contributed by atoms with Crippen molar-refractivity contribution in [2.24, 2.45) is 5.73 Å². The number of carbonyl (C=O) groups excluding carboxylic acids is 1. The maximum Gasteiger partial charge on any atom is 0.404 e. The summed E-state index contributed by atoms with van der Waals surface area (Å²) < 4.78 is 37.5. The second-order valence-electron chi connectivity index (χ2n) is 5.78. The Kier molecular flexibility index (Phi) is 4.76. The molecule has 1 amide bonds. The van der Waals surface area contributed by atoms with Crippen molar-refractivity contribution in [3.8, 4) is 11.1 Å². The largest absolute Gasteiger partial charge is 0.446 e. The van der Waals surface area contributed by atoms with Crippen LogP contribution in [-0.4, -0.2) is 18.3 Å². The van der Waals surface area contributed by atoms with E-state index in [0.717, 1.165) is 5.56 Å². The lowest BCUT2D eigenvalue weighted by Gasteiger charge is -2.33. The second kappa shape index (κ2) is 6.97. The SMILES string of the molecule is NC(=O)O[C@H]1C[C@H](OCc2ccc(-c3ccc(F)cc3)cc2F)C1. The summed E-state index contributed by atoms with van der Waals surface area (Å²) in [5.41, 5.74) is 6.80. The molecule has 0 spiro atoms. The Morgan fingerprint density at radius 2 is 1.71 bits per heavy atom. The first-order chi connectivity index (χ1) is 11.5. The Bertz CT molecular complexity index is 728. The average molecular weight is 333 g/mol. The Morgan fingerprint density at radius 3 is 2.33 bits per heavy atom. The van der Waals surface area contributed by atoms with Crippen LogP contribution in [0.25, 0.3) is 11.1 Å². The van der Waals surface area contributed by atoms with Gasteiger partial charge in [0.05, 0.1) is 12.7 Å². The van der Waals surface area contributed by atoms with Crippen LogP contribution in [0.1, 0.15) is 18.4 Å². The Morgan fingerprint density at radius 1 is 1.04 bits per heavy atom. The summed E-state index contributed by atoms with van der Waals surface area (Å²) in [6, 6.07) is 10.7. The molecule has 0 aliphatic heterocycles. The standard InChI is InChI=1S/C18H17F2NO3/c19-14-5-3-11(4-6-14)12-1-2-13(17(20)7-12)10-23-15-8-16(9-15)24-18(21)22/h1-7,15-16H,8-10H2,(H2,21,22)/t15-,16-. The van der Waals surface area contributed by atoms with E-state index in [0.29, 0.717) is 24.0 Å². The van der Waals surface area contributed by atoms with E-state index < -0.39 is 6.09 Å². The van der Waals surface area contributed by atoms with Gasteiger partial charge in [-0.3, -0.25) is 0 Å². The summed E-state index contributed by atoms with van der Waals surface area (Å²) in [6.07, 6.45) is 0.0702. The van der Waals surface area contributed by atoms with E-state index in [4.69, 9.17) is 15.2 Å². The number of ether oxygens (including phenoxy) is 2. The summed E-state index contributed by atoms with van der Waals surface area (Å²) in [6.45, 7) is 0.142. The highest BCUT2D eigenvalue weighted by atomic mass is 19.1. The topological polar surface area (TPSA) is 61.6 Å². The molecule has 3 rings (SSSR count). The van der Waals surface area contributed by atoms with Gasteiger partial charge in [0.1, 0.15) is 17.7 Å². The number of rotatable bonds is 5. The van der Waals surface area contributed by atoms with E-state index in [1.54, 1.807) is 24.3 Å². The number of hydrogen-bond donors (Lipinski definition) is 1. The van der Waals surface area contributed by atoms with Crippen molar-refractivity contribution < 1.29 is 23.0 Å². The predicted octanol–water partition coefficient (Wildman–Crippen LogP) is 3.77. The minimum absolute atomic E-state index is 0.0643. The Balaban J connectivity index is 1.56. The van der Waals surface area contributed by atoms with Gasteiger partial charge in [-0.15, -0.1) is 0 Å². The fourth-order valence-corrected chi connectivity index (χ4v) is 2.61. The number of amides is 1. The molecule has 2 aromatic rings. The minimum Gasteiger partial charge on any atom is -0.446 e. The molecule has 0 atom stereocenters. The van der Waals surface area contributed by atoms with Crippen LogP contribution in [0.2, 0.25) is 0 Å². The monoisotopic (exact) mass is 333 g/mol. The molecule has 0 unspecified atom stereocenters. The minimum atomic E-state index is -0.791. The molecule has 126 valence electrons. The highest BCUT2D eigenvalue weighted by molar-refractivity contribution is 5.65. The molecular formula is C18H17F2NO3. The van der Waals surface area contributed by atoms with Gasteiger partial charge in [-0.2, -0.15) is 0 Å². The number of benzene rings is 2. The predicted molar refractivity (Wildman–Crippen MR) is 84.1 cm³/mol. The maximum atomic E-state index is 14.2. The van der Waals surface area contributed by atoms with Crippen LogP contribution in [0.5, 0.6) is 0 Å². The first-order valence-corrected chi connectivity index (χ1v) is 7.63. The van der Waals surface area contributed by atoms with Crippen LogP contribution < -0.4 is 5.73 Å². The molecule has 6 heteroatoms. The molecule has 1 aliphatic rings. The van der Waals surface area contributed by atoms with Crippen LogP contribution in [-0.2, 0) is 16.1 Å². The van der Waals surface area contributed by atoms with Crippen molar-refractivity contribution >= 4 is 6.09 Å². The van der Waals surface area contributed by atoms with Crippen molar-refractivity contribution in [2.75, 3.05) is 0 Å². The molecule has 0 saturated heterocycles. The molecular weight excluding hydrogens is 316 g/mol. The van der Waals surface area contributed by atoms with Gasteiger partial charge in [-0.25, -0.2) is 13.6 Å². The van der Waals surface area contributed by atoms with Gasteiger partial charge >= 0.3 is 6.09 Å². The van der Waals surface area contributed by atoms with Crippen LogP contribution in [0.4, 0.5) is 13.6 Å². The number of nitrogens with two attached hydrogens (primary N) is 1. The van der Waals surface area contributed by atoms with Gasteiger partial charge in [0.2, 0.25) is 0 Å². The molecule has 0 radical (unpaired) electrons. The van der Waals surface area contributed by atoms with Crippen molar-refractivity contribution in [3.05, 3.63) is 59.7 Å². The summed E-state index contributed by atoms with van der Waals surface area (Å²) >= 11 is 0. The molecule has 0 aromatic heterocycles. The number of carbonyl (C=O) groups is 1. The number of hydrogen-bond acceptors (Lipinski definition) is 3. The van der Waals surface area contributed by atoms with Crippen molar-refractivity contribution in [3.63, 3.8) is 0 Å². The fraction of sp³-hybridized carbons (Fsp3) is 0.278. The van der Waals surface area contributed by atoms with E-state index in [1.165, 1.54) is 18.2 Å². The third-order valence-electron chi connectivity index (χ3n) is 4.04. The zero-order valence-corrected chi connectivity index (χ0v) is 12.9. The molecule has 2 aromatic carbocycles. The quantitative estimate of drug-likeness (QED) is 0.906. The van der Waals surface area contributed by atoms with Crippen molar-refractivity contribution in [2.45, 2.75) is 31.7 Å². The molecule has 2 N–H and O–H groups in total. The van der Waals surface area contributed by atoms with E-state index in [-0.39, 0.29) is 30.4 Å². The van der Waals surface area contributed by atoms with Crippen LogP contribution in [0.15, 0.2) is 42.5 Å². The van der Waals surface area contributed by atoms with Gasteiger partial charge < -0.3 is 15.2 Å². The molecule has 1 aliphatic carbocycles. The lowest BCUT2D eigenvalue weighted by Crippen LogP contribution is -2.39. The first-order valence-electron chi connectivity index (χ1n) is 7.63. The maximum absolute atomic E-state index is 14.2. The number of halogens is 2. The molecule has 24 heavy (non-hydrogen) atoms. The normalized spacial score (nSPS) is 19.6. The third kappa shape index (κ3) is 3.89.